The molecule has 2 aliphatic rings. The number of nitrogens with one attached hydrogen (secondary N) is 4. The van der Waals surface area contributed by atoms with Crippen LogP contribution in [0.3, 0.4) is 0 Å². The van der Waals surface area contributed by atoms with E-state index in [1.54, 1.807) is 18.3 Å². The highest BCUT2D eigenvalue weighted by atomic mass is 32.1. The zero-order chi connectivity index (χ0) is 34.4. The van der Waals surface area contributed by atoms with Gasteiger partial charge in [0, 0.05) is 50.7 Å². The van der Waals surface area contributed by atoms with Crippen molar-refractivity contribution in [2.45, 2.75) is 44.4 Å². The molecule has 2 aromatic heterocycles. The molecule has 1 saturated heterocycles. The number of hydrogen-bond acceptors (Lipinski definition) is 11. The number of carbonyl (C=O) groups is 3. The van der Waals surface area contributed by atoms with E-state index in [9.17, 15) is 14.4 Å². The van der Waals surface area contributed by atoms with Gasteiger partial charge in [-0.1, -0.05) is 11.3 Å². The van der Waals surface area contributed by atoms with Crippen LogP contribution in [0, 0.1) is 5.92 Å². The number of benzene rings is 1. The van der Waals surface area contributed by atoms with E-state index in [1.165, 1.54) is 24.5 Å². The second kappa shape index (κ2) is 15.5. The van der Waals surface area contributed by atoms with Crippen LogP contribution in [0.25, 0.3) is 10.6 Å². The number of piperazine rings is 1. The van der Waals surface area contributed by atoms with Crippen molar-refractivity contribution in [2.24, 2.45) is 5.92 Å². The van der Waals surface area contributed by atoms with E-state index in [1.807, 2.05) is 6.07 Å². The third-order valence-corrected chi connectivity index (χ3v) is 9.09. The van der Waals surface area contributed by atoms with Crippen LogP contribution >= 0.6 is 11.3 Å². The van der Waals surface area contributed by atoms with Crippen LogP contribution in [0.2, 0.25) is 0 Å². The van der Waals surface area contributed by atoms with Crippen molar-refractivity contribution in [3.05, 3.63) is 41.0 Å². The standard InChI is InChI=1S/C31H38B3N9O4S/c1-18(2)43-14-12-42(13-15-43)11-5-10-35-28(45)23-17-36-30(48-23)20-6-4-7-21(26(20)47-3)37-22-16-24(38-27(44)19-8-9-19)40-41-25(22)29(46)39-31(32,33)34/h4,6-7,16-19H,5,8-15H2,1-3H3,(H,35,45)(H,39,46)(H2,37,38,40,44). The maximum Gasteiger partial charge on any atom is 0.272 e. The van der Waals surface area contributed by atoms with Gasteiger partial charge >= 0.3 is 0 Å². The Morgan fingerprint density at radius 2 is 1.81 bits per heavy atom. The van der Waals surface area contributed by atoms with Gasteiger partial charge in [-0.3, -0.25) is 19.3 Å². The number of para-hydroxylation sites is 1. The van der Waals surface area contributed by atoms with Crippen LogP contribution < -0.4 is 26.0 Å². The Morgan fingerprint density at radius 3 is 2.48 bits per heavy atom. The van der Waals surface area contributed by atoms with Gasteiger partial charge in [-0.2, -0.15) is 0 Å². The summed E-state index contributed by atoms with van der Waals surface area (Å²) < 4.78 is 5.77. The van der Waals surface area contributed by atoms with Crippen LogP contribution in [0.5, 0.6) is 5.75 Å². The van der Waals surface area contributed by atoms with Crippen LogP contribution in [0.15, 0.2) is 30.5 Å². The largest absolute Gasteiger partial charge is 0.494 e. The lowest BCUT2D eigenvalue weighted by molar-refractivity contribution is -0.117. The summed E-state index contributed by atoms with van der Waals surface area (Å²) in [6.07, 6.45) is 4.01. The van der Waals surface area contributed by atoms with Gasteiger partial charge in [-0.15, -0.1) is 21.5 Å². The zero-order valence-electron chi connectivity index (χ0n) is 27.4. The van der Waals surface area contributed by atoms with E-state index in [2.05, 4.69) is 60.1 Å². The minimum Gasteiger partial charge on any atom is -0.494 e. The van der Waals surface area contributed by atoms with Gasteiger partial charge in [0.2, 0.25) is 5.91 Å². The maximum atomic E-state index is 13.0. The molecular formula is C31H38B3N9O4S. The molecule has 1 aliphatic heterocycles. The molecule has 13 nitrogen and oxygen atoms in total. The lowest BCUT2D eigenvalue weighted by Gasteiger charge is -2.36. The smallest absolute Gasteiger partial charge is 0.272 e. The lowest BCUT2D eigenvalue weighted by Crippen LogP contribution is -2.50. The average Bonchev–Trinajstić information content (AvgIpc) is 3.79. The number of aromatic nitrogens is 3. The molecule has 0 unspecified atom stereocenters. The number of nitrogens with zero attached hydrogens (tertiary/aromatic N) is 5. The summed E-state index contributed by atoms with van der Waals surface area (Å²) in [4.78, 5) is 48.2. The van der Waals surface area contributed by atoms with E-state index < -0.39 is 11.1 Å². The van der Waals surface area contributed by atoms with Gasteiger partial charge in [0.05, 0.1) is 53.8 Å². The molecule has 1 aliphatic carbocycles. The molecule has 0 bridgehead atoms. The first-order valence-electron chi connectivity index (χ1n) is 15.9. The Balaban J connectivity index is 1.27. The highest BCUT2D eigenvalue weighted by Gasteiger charge is 2.30. The van der Waals surface area contributed by atoms with Crippen LogP contribution in [0.1, 0.15) is 53.3 Å². The molecule has 2 fully saturated rings. The SMILES string of the molecule is [B]C([B])([B])NC(=O)c1nnc(NC(=O)C2CC2)cc1Nc1cccc(-c2ncc(C(=O)NCCCN3CCN(C(C)C)CC3)s2)c1OC. The molecule has 3 amide bonds. The number of anilines is 3. The van der Waals surface area contributed by atoms with Crippen molar-refractivity contribution in [1.29, 1.82) is 0 Å². The molecule has 3 heterocycles. The van der Waals surface area contributed by atoms with Crippen molar-refractivity contribution in [1.82, 2.24) is 35.6 Å². The number of amides is 3. The van der Waals surface area contributed by atoms with Gasteiger partial charge in [0.25, 0.3) is 11.8 Å². The zero-order valence-corrected chi connectivity index (χ0v) is 28.2. The number of ether oxygens (including phenoxy) is 1. The molecule has 3 aromatic rings. The highest BCUT2D eigenvalue weighted by molar-refractivity contribution is 7.17. The van der Waals surface area contributed by atoms with Gasteiger partial charge < -0.3 is 30.9 Å². The van der Waals surface area contributed by atoms with E-state index in [0.717, 1.165) is 52.0 Å². The third kappa shape index (κ3) is 9.35. The third-order valence-electron chi connectivity index (χ3n) is 8.06. The number of hydrogen-bond donors (Lipinski definition) is 4. The number of carbonyl (C=O) groups excluding carboxylic acids is 3. The fourth-order valence-electron chi connectivity index (χ4n) is 5.31. The van der Waals surface area contributed by atoms with Gasteiger partial charge in [0.15, 0.2) is 17.3 Å². The molecule has 5 rings (SSSR count). The summed E-state index contributed by atoms with van der Waals surface area (Å²) >= 11 is 1.24. The van der Waals surface area contributed by atoms with Crippen molar-refractivity contribution in [3.8, 4) is 16.3 Å². The second-order valence-corrected chi connectivity index (χ2v) is 13.3. The van der Waals surface area contributed by atoms with Crippen molar-refractivity contribution < 1.29 is 19.1 Å². The van der Waals surface area contributed by atoms with E-state index in [0.29, 0.717) is 39.5 Å². The number of methoxy groups -OCH3 is 1. The summed E-state index contributed by atoms with van der Waals surface area (Å²) in [5.74, 6) is -0.695. The summed E-state index contributed by atoms with van der Waals surface area (Å²) in [6.45, 7) is 10.2. The normalized spacial score (nSPS) is 15.6. The van der Waals surface area contributed by atoms with Gasteiger partial charge in [-0.25, -0.2) is 4.98 Å². The number of rotatable bonds is 14. The summed E-state index contributed by atoms with van der Waals surface area (Å²) in [6, 6.07) is 7.36. The highest BCUT2D eigenvalue weighted by Crippen LogP contribution is 2.40. The quantitative estimate of drug-likeness (QED) is 0.148. The van der Waals surface area contributed by atoms with E-state index >= 15 is 0 Å². The molecule has 48 heavy (non-hydrogen) atoms. The van der Waals surface area contributed by atoms with Gasteiger partial charge in [0.1, 0.15) is 9.88 Å². The minimum absolute atomic E-state index is 0.0727. The molecule has 0 atom stereocenters. The molecule has 17 heteroatoms. The van der Waals surface area contributed by atoms with E-state index in [-0.39, 0.29) is 34.9 Å². The lowest BCUT2D eigenvalue weighted by atomic mass is 9.49. The summed E-state index contributed by atoms with van der Waals surface area (Å²) in [5.41, 5.74) is 1.07. The Labute approximate surface area is 288 Å². The Bertz CT molecular complexity index is 1620. The number of thiazole rings is 1. The molecule has 4 N–H and O–H groups in total. The Morgan fingerprint density at radius 1 is 1.06 bits per heavy atom. The maximum absolute atomic E-state index is 13.0. The second-order valence-electron chi connectivity index (χ2n) is 12.3. The summed E-state index contributed by atoms with van der Waals surface area (Å²) in [7, 11) is 18.2. The predicted octanol–water partition coefficient (Wildman–Crippen LogP) is 1.69. The Kier molecular flexibility index (Phi) is 11.4. The molecule has 0 spiro atoms. The minimum atomic E-state index is -2.01. The first-order chi connectivity index (χ1) is 22.9. The van der Waals surface area contributed by atoms with Crippen LogP contribution in [0.4, 0.5) is 17.2 Å². The van der Waals surface area contributed by atoms with Crippen molar-refractivity contribution in [2.75, 3.05) is 57.0 Å². The first-order valence-corrected chi connectivity index (χ1v) is 16.8. The molecule has 246 valence electrons. The monoisotopic (exact) mass is 665 g/mol. The van der Waals surface area contributed by atoms with E-state index in [4.69, 9.17) is 28.3 Å². The molecule has 6 radical (unpaired) electrons. The van der Waals surface area contributed by atoms with Crippen LogP contribution in [-0.2, 0) is 4.79 Å². The molecular weight excluding hydrogens is 627 g/mol. The predicted molar refractivity (Wildman–Crippen MR) is 188 cm³/mol. The van der Waals surface area contributed by atoms with Gasteiger partial charge in [-0.05, 0) is 51.8 Å². The van der Waals surface area contributed by atoms with Crippen molar-refractivity contribution in [3.63, 3.8) is 0 Å². The molecule has 1 saturated carbocycles. The van der Waals surface area contributed by atoms with Crippen molar-refractivity contribution >= 4 is 69.8 Å². The fourth-order valence-corrected chi connectivity index (χ4v) is 6.17. The molecule has 1 aromatic carbocycles. The Hall–Kier alpha value is -3.95. The first kappa shape index (κ1) is 35.4. The summed E-state index contributed by atoms with van der Waals surface area (Å²) in [5, 5.41) is 17.7. The average molecular weight is 665 g/mol. The topological polar surface area (TPSA) is 154 Å². The van der Waals surface area contributed by atoms with Crippen LogP contribution in [-0.4, -0.2) is 124 Å². The fraction of sp³-hybridized carbons (Fsp3) is 0.484.